The summed E-state index contributed by atoms with van der Waals surface area (Å²) in [6.45, 7) is 2.06. The Hall–Kier alpha value is 0.360. The summed E-state index contributed by atoms with van der Waals surface area (Å²) in [5.74, 6) is 0. The van der Waals surface area contributed by atoms with E-state index in [4.69, 9.17) is 0 Å². The number of halogens is 1. The third kappa shape index (κ3) is 1.13. The summed E-state index contributed by atoms with van der Waals surface area (Å²) in [4.78, 5) is 0. The second-order valence-electron chi connectivity index (χ2n) is 1.29. The van der Waals surface area contributed by atoms with Gasteiger partial charge in [0.05, 0.1) is 0 Å². The molecule has 1 nitrogen and oxygen atoms in total. The molecule has 0 atom stereocenters. The van der Waals surface area contributed by atoms with Crippen LogP contribution in [0.1, 0.15) is 5.56 Å². The van der Waals surface area contributed by atoms with Gasteiger partial charge in [0, 0.05) is 5.38 Å². The molecule has 3 heteroatoms. The van der Waals surface area contributed by atoms with Gasteiger partial charge >= 0.3 is 0 Å². The van der Waals surface area contributed by atoms with Gasteiger partial charge in [0.1, 0.15) is 3.70 Å². The highest BCUT2D eigenvalue weighted by atomic mass is 127. The van der Waals surface area contributed by atoms with Crippen LogP contribution >= 0.6 is 34.1 Å². The molecule has 0 fully saturated rings. The smallest absolute Gasteiger partial charge is 0.118 e. The van der Waals surface area contributed by atoms with E-state index in [1.54, 1.807) is 0 Å². The molecule has 0 bridgehead atoms. The third-order valence-electron chi connectivity index (χ3n) is 0.688. The lowest BCUT2D eigenvalue weighted by atomic mass is 10.5. The average molecular weight is 225 g/mol. The zero-order valence-electron chi connectivity index (χ0n) is 3.81. The van der Waals surface area contributed by atoms with Crippen molar-refractivity contribution in [3.05, 3.63) is 14.6 Å². The van der Waals surface area contributed by atoms with Gasteiger partial charge in [-0.05, 0) is 46.6 Å². The highest BCUT2D eigenvalue weighted by molar-refractivity contribution is 14.1. The van der Waals surface area contributed by atoms with Gasteiger partial charge in [0.25, 0.3) is 0 Å². The van der Waals surface area contributed by atoms with E-state index in [0.717, 1.165) is 3.70 Å². The van der Waals surface area contributed by atoms with E-state index < -0.39 is 0 Å². The Balaban J connectivity index is 3.12. The third-order valence-corrected chi connectivity index (χ3v) is 2.85. The molecule has 1 rings (SSSR count). The lowest BCUT2D eigenvalue weighted by Crippen LogP contribution is -1.67. The first kappa shape index (κ1) is 5.50. The Kier molecular flexibility index (Phi) is 1.64. The molecule has 7 heavy (non-hydrogen) atoms. The Labute approximate surface area is 60.1 Å². The zero-order chi connectivity index (χ0) is 5.28. The second kappa shape index (κ2) is 2.09. The minimum Gasteiger partial charge on any atom is -0.186 e. The molecule has 0 radical (unpaired) electrons. The van der Waals surface area contributed by atoms with Crippen molar-refractivity contribution < 1.29 is 0 Å². The molecule has 1 aromatic rings. The predicted octanol–water partition coefficient (Wildman–Crippen LogP) is 2.06. The van der Waals surface area contributed by atoms with Gasteiger partial charge in [0.15, 0.2) is 0 Å². The molecule has 0 amide bonds. The van der Waals surface area contributed by atoms with Crippen LogP contribution in [0.4, 0.5) is 0 Å². The summed E-state index contributed by atoms with van der Waals surface area (Å²) in [5, 5.41) is 2.04. The first-order valence-electron chi connectivity index (χ1n) is 1.87. The zero-order valence-corrected chi connectivity index (χ0v) is 6.78. The molecule has 38 valence electrons. The Morgan fingerprint density at radius 2 is 2.57 bits per heavy atom. The molecule has 0 spiro atoms. The molecule has 0 N–H and O–H groups in total. The molecular formula is C4H4INS. The van der Waals surface area contributed by atoms with E-state index >= 15 is 0 Å². The average Bonchev–Trinajstić information content (AvgIpc) is 1.91. The van der Waals surface area contributed by atoms with Crippen LogP contribution in [-0.2, 0) is 0 Å². The molecule has 1 heterocycles. The van der Waals surface area contributed by atoms with Crippen LogP contribution in [0, 0.1) is 10.6 Å². The van der Waals surface area contributed by atoms with Crippen molar-refractivity contribution in [3.63, 3.8) is 0 Å². The van der Waals surface area contributed by atoms with Gasteiger partial charge < -0.3 is 0 Å². The van der Waals surface area contributed by atoms with E-state index in [9.17, 15) is 0 Å². The SMILES string of the molecule is Cc1csnc1I. The number of hydrogen-bond acceptors (Lipinski definition) is 2. The summed E-state index contributed by atoms with van der Waals surface area (Å²) >= 11 is 3.73. The van der Waals surface area contributed by atoms with Gasteiger partial charge in [0.2, 0.25) is 0 Å². The molecule has 0 aliphatic heterocycles. The Bertz CT molecular complexity index is 144. The fourth-order valence-corrected chi connectivity index (χ4v) is 1.54. The summed E-state index contributed by atoms with van der Waals surface area (Å²) in [6.07, 6.45) is 0. The Morgan fingerprint density at radius 1 is 1.86 bits per heavy atom. The van der Waals surface area contributed by atoms with Gasteiger partial charge in [-0.3, -0.25) is 0 Å². The highest BCUT2D eigenvalue weighted by Crippen LogP contribution is 2.09. The van der Waals surface area contributed by atoms with Crippen LogP contribution in [0.5, 0.6) is 0 Å². The number of rotatable bonds is 0. The van der Waals surface area contributed by atoms with Crippen LogP contribution in [0.15, 0.2) is 5.38 Å². The first-order chi connectivity index (χ1) is 3.30. The largest absolute Gasteiger partial charge is 0.186 e. The number of nitrogens with zero attached hydrogens (tertiary/aromatic N) is 1. The van der Waals surface area contributed by atoms with Crippen LogP contribution in [-0.4, -0.2) is 4.37 Å². The summed E-state index contributed by atoms with van der Waals surface area (Å²) in [6, 6.07) is 0. The molecular weight excluding hydrogens is 221 g/mol. The van der Waals surface area contributed by atoms with Crippen LogP contribution < -0.4 is 0 Å². The van der Waals surface area contributed by atoms with Crippen molar-refractivity contribution in [1.29, 1.82) is 0 Å². The fraction of sp³-hybridized carbons (Fsp3) is 0.250. The Morgan fingerprint density at radius 3 is 2.71 bits per heavy atom. The maximum Gasteiger partial charge on any atom is 0.118 e. The van der Waals surface area contributed by atoms with Gasteiger partial charge in [-0.1, -0.05) is 0 Å². The summed E-state index contributed by atoms with van der Waals surface area (Å²) in [5.41, 5.74) is 1.28. The van der Waals surface area contributed by atoms with Crippen molar-refractivity contribution in [3.8, 4) is 0 Å². The normalized spacial score (nSPS) is 9.43. The fourth-order valence-electron chi connectivity index (χ4n) is 0.272. The minimum atomic E-state index is 1.13. The molecule has 0 unspecified atom stereocenters. The lowest BCUT2D eigenvalue weighted by molar-refractivity contribution is 1.38. The van der Waals surface area contributed by atoms with Crippen molar-refractivity contribution >= 4 is 34.1 Å². The monoisotopic (exact) mass is 225 g/mol. The quantitative estimate of drug-likeness (QED) is 0.616. The number of aromatic nitrogens is 1. The number of aryl methyl sites for hydroxylation is 1. The highest BCUT2D eigenvalue weighted by Gasteiger charge is 1.91. The van der Waals surface area contributed by atoms with Crippen molar-refractivity contribution in [2.24, 2.45) is 0 Å². The minimum absolute atomic E-state index is 1.13. The van der Waals surface area contributed by atoms with Gasteiger partial charge in [-0.15, -0.1) is 0 Å². The van der Waals surface area contributed by atoms with E-state index in [2.05, 4.69) is 33.9 Å². The molecule has 0 aromatic carbocycles. The topological polar surface area (TPSA) is 12.9 Å². The van der Waals surface area contributed by atoms with Crippen molar-refractivity contribution in [1.82, 2.24) is 4.37 Å². The van der Waals surface area contributed by atoms with Crippen molar-refractivity contribution in [2.75, 3.05) is 0 Å². The van der Waals surface area contributed by atoms with E-state index in [-0.39, 0.29) is 0 Å². The van der Waals surface area contributed by atoms with E-state index in [1.807, 2.05) is 5.38 Å². The first-order valence-corrected chi connectivity index (χ1v) is 3.78. The molecule has 0 aliphatic rings. The van der Waals surface area contributed by atoms with Crippen molar-refractivity contribution in [2.45, 2.75) is 6.92 Å². The van der Waals surface area contributed by atoms with Crippen LogP contribution in [0.25, 0.3) is 0 Å². The summed E-state index contributed by atoms with van der Waals surface area (Å²) in [7, 11) is 0. The molecule has 0 aliphatic carbocycles. The summed E-state index contributed by atoms with van der Waals surface area (Å²) < 4.78 is 5.17. The maximum atomic E-state index is 4.04. The van der Waals surface area contributed by atoms with Gasteiger partial charge in [-0.25, -0.2) is 0 Å². The standard InChI is InChI=1S/C4H4INS/c1-3-2-7-6-4(3)5/h2H,1H3. The second-order valence-corrected chi connectivity index (χ2v) is 2.94. The lowest BCUT2D eigenvalue weighted by Gasteiger charge is -1.75. The maximum absolute atomic E-state index is 4.04. The van der Waals surface area contributed by atoms with Crippen LogP contribution in [0.2, 0.25) is 0 Å². The molecule has 0 saturated heterocycles. The number of hydrogen-bond donors (Lipinski definition) is 0. The van der Waals surface area contributed by atoms with Gasteiger partial charge in [-0.2, -0.15) is 4.37 Å². The molecule has 1 aromatic heterocycles. The predicted molar refractivity (Wildman–Crippen MR) is 39.6 cm³/mol. The van der Waals surface area contributed by atoms with Crippen LogP contribution in [0.3, 0.4) is 0 Å². The van der Waals surface area contributed by atoms with E-state index in [0.29, 0.717) is 0 Å². The molecule has 0 saturated carbocycles. The van der Waals surface area contributed by atoms with E-state index in [1.165, 1.54) is 17.1 Å².